The summed E-state index contributed by atoms with van der Waals surface area (Å²) in [5, 5.41) is 0.455. The van der Waals surface area contributed by atoms with Gasteiger partial charge in [0.25, 0.3) is 0 Å². The van der Waals surface area contributed by atoms with Gasteiger partial charge in [0, 0.05) is 11.6 Å². The summed E-state index contributed by atoms with van der Waals surface area (Å²) in [5.74, 6) is -0.932. The normalized spacial score (nSPS) is 23.1. The van der Waals surface area contributed by atoms with Gasteiger partial charge in [0.1, 0.15) is 5.75 Å². The summed E-state index contributed by atoms with van der Waals surface area (Å²) < 4.78 is 30.0. The lowest BCUT2D eigenvalue weighted by atomic mass is 10.2. The van der Waals surface area contributed by atoms with Gasteiger partial charge < -0.3 is 9.64 Å². The third-order valence-corrected chi connectivity index (χ3v) is 5.28. The smallest absolute Gasteiger partial charge is 0.238 e. The molecule has 1 heterocycles. The van der Waals surface area contributed by atoms with Gasteiger partial charge in [-0.05, 0) is 38.1 Å². The van der Waals surface area contributed by atoms with Crippen molar-refractivity contribution in [2.75, 3.05) is 18.9 Å². The zero-order valence-corrected chi connectivity index (χ0v) is 13.5. The second kappa shape index (κ2) is 6.34. The maximum Gasteiger partial charge on any atom is 0.238 e. The lowest BCUT2D eigenvalue weighted by Gasteiger charge is -2.36. The highest BCUT2D eigenvalue weighted by atomic mass is 35.5. The Labute approximate surface area is 129 Å². The van der Waals surface area contributed by atoms with E-state index in [-0.39, 0.29) is 17.0 Å². The minimum atomic E-state index is -3.66. The van der Waals surface area contributed by atoms with Gasteiger partial charge in [-0.25, -0.2) is 8.42 Å². The number of carbonyl (C=O) groups excluding carboxylic acids is 1. The Morgan fingerprint density at radius 3 is 2.57 bits per heavy atom. The highest BCUT2D eigenvalue weighted by Gasteiger charge is 2.30. The average Bonchev–Trinajstić information content (AvgIpc) is 2.41. The van der Waals surface area contributed by atoms with Crippen molar-refractivity contribution in [3.8, 4) is 0 Å². The molecule has 1 fully saturated rings. The zero-order chi connectivity index (χ0) is 15.6. The first-order valence-corrected chi connectivity index (χ1v) is 8.72. The minimum absolute atomic E-state index is 0.0802. The van der Waals surface area contributed by atoms with Gasteiger partial charge in [0.05, 0.1) is 23.6 Å². The Balaban J connectivity index is 2.12. The standard InChI is InChI=1S/C14H18ClNO4S/c1-10-8-20-11(2)7-16(10)14(17)9-21(18,19)13-5-3-12(15)4-6-13/h3-6,10-11H,7-9H2,1-2H3. The number of sulfone groups is 1. The summed E-state index contributed by atoms with van der Waals surface area (Å²) in [6.07, 6.45) is -0.0802. The van der Waals surface area contributed by atoms with Crippen molar-refractivity contribution in [2.24, 2.45) is 0 Å². The quantitative estimate of drug-likeness (QED) is 0.846. The first-order valence-electron chi connectivity index (χ1n) is 6.69. The number of carbonyl (C=O) groups is 1. The number of amides is 1. The molecule has 7 heteroatoms. The zero-order valence-electron chi connectivity index (χ0n) is 12.0. The van der Waals surface area contributed by atoms with Crippen molar-refractivity contribution in [1.29, 1.82) is 0 Å². The van der Waals surface area contributed by atoms with E-state index in [0.717, 1.165) is 0 Å². The summed E-state index contributed by atoms with van der Waals surface area (Å²) in [6.45, 7) is 4.54. The van der Waals surface area contributed by atoms with Crippen molar-refractivity contribution >= 4 is 27.3 Å². The second-order valence-electron chi connectivity index (χ2n) is 5.25. The van der Waals surface area contributed by atoms with E-state index in [1.807, 2.05) is 13.8 Å². The van der Waals surface area contributed by atoms with Gasteiger partial charge >= 0.3 is 0 Å². The van der Waals surface area contributed by atoms with Crippen LogP contribution in [0.4, 0.5) is 0 Å². The van der Waals surface area contributed by atoms with Crippen LogP contribution < -0.4 is 0 Å². The Morgan fingerprint density at radius 1 is 1.33 bits per heavy atom. The van der Waals surface area contributed by atoms with Crippen molar-refractivity contribution < 1.29 is 17.9 Å². The molecule has 0 radical (unpaired) electrons. The Bertz CT molecular complexity index is 614. The predicted molar refractivity (Wildman–Crippen MR) is 80.1 cm³/mol. The maximum absolute atomic E-state index is 12.3. The van der Waals surface area contributed by atoms with Crippen molar-refractivity contribution in [1.82, 2.24) is 4.90 Å². The number of morpholine rings is 1. The summed E-state index contributed by atoms with van der Waals surface area (Å²) in [4.78, 5) is 14.0. The Morgan fingerprint density at radius 2 is 1.95 bits per heavy atom. The molecular weight excluding hydrogens is 314 g/mol. The van der Waals surface area contributed by atoms with Crippen LogP contribution in [0.2, 0.25) is 5.02 Å². The highest BCUT2D eigenvalue weighted by Crippen LogP contribution is 2.18. The number of nitrogens with zero attached hydrogens (tertiary/aromatic N) is 1. The van der Waals surface area contributed by atoms with Gasteiger partial charge in [0.15, 0.2) is 9.84 Å². The van der Waals surface area contributed by atoms with Crippen LogP contribution in [-0.4, -0.2) is 50.3 Å². The topological polar surface area (TPSA) is 63.7 Å². The molecule has 0 spiro atoms. The Kier molecular flexibility index (Phi) is 4.91. The van der Waals surface area contributed by atoms with E-state index in [2.05, 4.69) is 0 Å². The van der Waals surface area contributed by atoms with Crippen molar-refractivity contribution in [3.63, 3.8) is 0 Å². The van der Waals surface area contributed by atoms with E-state index >= 15 is 0 Å². The van der Waals surface area contributed by atoms with Gasteiger partial charge in [-0.15, -0.1) is 0 Å². The van der Waals surface area contributed by atoms with Gasteiger partial charge in [0.2, 0.25) is 5.91 Å². The summed E-state index contributed by atoms with van der Waals surface area (Å²) in [6, 6.07) is 5.71. The summed E-state index contributed by atoms with van der Waals surface area (Å²) >= 11 is 5.74. The molecule has 0 aromatic heterocycles. The molecule has 1 aliphatic heterocycles. The largest absolute Gasteiger partial charge is 0.375 e. The van der Waals surface area contributed by atoms with Crippen molar-refractivity contribution in [2.45, 2.75) is 30.9 Å². The summed E-state index contributed by atoms with van der Waals surface area (Å²) in [5.41, 5.74) is 0. The fourth-order valence-corrected chi connectivity index (χ4v) is 3.56. The minimum Gasteiger partial charge on any atom is -0.375 e. The fourth-order valence-electron chi connectivity index (χ4n) is 2.22. The van der Waals surface area contributed by atoms with E-state index in [4.69, 9.17) is 16.3 Å². The molecule has 1 amide bonds. The molecule has 1 saturated heterocycles. The highest BCUT2D eigenvalue weighted by molar-refractivity contribution is 7.92. The molecular formula is C14H18ClNO4S. The molecule has 0 N–H and O–H groups in total. The molecule has 0 saturated carbocycles. The van der Waals surface area contributed by atoms with Crippen LogP contribution in [0.3, 0.4) is 0 Å². The SMILES string of the molecule is CC1CN(C(=O)CS(=O)(=O)c2ccc(Cl)cc2)C(C)CO1. The molecule has 21 heavy (non-hydrogen) atoms. The monoisotopic (exact) mass is 331 g/mol. The first-order chi connectivity index (χ1) is 9.79. The molecule has 116 valence electrons. The van der Waals surface area contributed by atoms with Crippen molar-refractivity contribution in [3.05, 3.63) is 29.3 Å². The number of hydrogen-bond donors (Lipinski definition) is 0. The molecule has 1 aromatic carbocycles. The first kappa shape index (κ1) is 16.3. The van der Waals surface area contributed by atoms with Gasteiger partial charge in [-0.2, -0.15) is 0 Å². The number of benzene rings is 1. The molecule has 1 aliphatic rings. The van der Waals surface area contributed by atoms with Crippen LogP contribution in [0.25, 0.3) is 0 Å². The van der Waals surface area contributed by atoms with E-state index in [1.54, 1.807) is 4.90 Å². The average molecular weight is 332 g/mol. The van der Waals surface area contributed by atoms with Gasteiger partial charge in [-0.1, -0.05) is 11.6 Å². The molecule has 1 aromatic rings. The molecule has 0 bridgehead atoms. The van der Waals surface area contributed by atoms with E-state index in [1.165, 1.54) is 24.3 Å². The molecule has 5 nitrogen and oxygen atoms in total. The van der Waals surface area contributed by atoms with E-state index < -0.39 is 21.5 Å². The number of ether oxygens (including phenoxy) is 1. The fraction of sp³-hybridized carbons (Fsp3) is 0.500. The number of hydrogen-bond acceptors (Lipinski definition) is 4. The molecule has 2 unspecified atom stereocenters. The lowest BCUT2D eigenvalue weighted by Crippen LogP contribution is -2.51. The van der Waals surface area contributed by atoms with Crippen LogP contribution >= 0.6 is 11.6 Å². The second-order valence-corrected chi connectivity index (χ2v) is 7.68. The predicted octanol–water partition coefficient (Wildman–Crippen LogP) is 1.75. The van der Waals surface area contributed by atoms with Crippen LogP contribution in [0.5, 0.6) is 0 Å². The number of halogens is 1. The lowest BCUT2D eigenvalue weighted by molar-refractivity contribution is -0.140. The molecule has 2 rings (SSSR count). The van der Waals surface area contributed by atoms with Crippen LogP contribution in [-0.2, 0) is 19.4 Å². The molecule has 0 aliphatic carbocycles. The van der Waals surface area contributed by atoms with E-state index in [9.17, 15) is 13.2 Å². The summed E-state index contributed by atoms with van der Waals surface area (Å²) in [7, 11) is -3.66. The van der Waals surface area contributed by atoms with Crippen LogP contribution in [0, 0.1) is 0 Å². The van der Waals surface area contributed by atoms with Gasteiger partial charge in [-0.3, -0.25) is 4.79 Å². The molecule has 2 atom stereocenters. The third-order valence-electron chi connectivity index (χ3n) is 3.41. The van der Waals surface area contributed by atoms with Crippen LogP contribution in [0.1, 0.15) is 13.8 Å². The number of rotatable bonds is 3. The van der Waals surface area contributed by atoms with E-state index in [0.29, 0.717) is 18.2 Å². The van der Waals surface area contributed by atoms with Crippen LogP contribution in [0.15, 0.2) is 29.2 Å². The third kappa shape index (κ3) is 3.96. The Hall–Kier alpha value is -1.11. The maximum atomic E-state index is 12.3.